The number of rotatable bonds is 6. The van der Waals surface area contributed by atoms with Gasteiger partial charge >= 0.3 is 0 Å². The third-order valence-electron chi connectivity index (χ3n) is 4.95. The van der Waals surface area contributed by atoms with Crippen LogP contribution < -0.4 is 15.1 Å². The number of hydroxylamine groups is 1. The summed E-state index contributed by atoms with van der Waals surface area (Å²) in [5.74, 6) is 0.315. The highest BCUT2D eigenvalue weighted by Crippen LogP contribution is 2.23. The molecule has 29 heavy (non-hydrogen) atoms. The molecule has 2 aromatic rings. The summed E-state index contributed by atoms with van der Waals surface area (Å²) in [6.45, 7) is 2.71. The summed E-state index contributed by atoms with van der Waals surface area (Å²) in [6, 6.07) is 15.3. The molecule has 0 aliphatic carbocycles. The number of ether oxygens (including phenoxy) is 1. The Balaban J connectivity index is 1.59. The SMILES string of the molecule is COc1ccc(CC(=O)N2CCN(c3ccccc3C=CC(=O)NO)CC2)cc1. The average molecular weight is 395 g/mol. The molecule has 1 aliphatic rings. The number of methoxy groups -OCH3 is 1. The Labute approximate surface area is 170 Å². The van der Waals surface area contributed by atoms with E-state index < -0.39 is 5.91 Å². The van der Waals surface area contributed by atoms with E-state index in [1.165, 1.54) is 6.08 Å². The molecule has 2 aromatic carbocycles. The zero-order valence-electron chi connectivity index (χ0n) is 16.4. The van der Waals surface area contributed by atoms with Gasteiger partial charge in [0, 0.05) is 37.9 Å². The standard InChI is InChI=1S/C22H25N3O4/c1-29-19-9-6-17(7-10-19)16-22(27)25-14-12-24(13-15-25)20-5-3-2-4-18(20)8-11-21(26)23-28/h2-11,28H,12-16H2,1H3,(H,23,26). The number of carbonyl (C=O) groups is 2. The molecule has 7 nitrogen and oxygen atoms in total. The van der Waals surface area contributed by atoms with Crippen LogP contribution in [0.5, 0.6) is 5.75 Å². The van der Waals surface area contributed by atoms with Gasteiger partial charge in [0.2, 0.25) is 5.91 Å². The Hall–Kier alpha value is -3.32. The first-order chi connectivity index (χ1) is 14.1. The summed E-state index contributed by atoms with van der Waals surface area (Å²) in [5, 5.41) is 8.64. The summed E-state index contributed by atoms with van der Waals surface area (Å²) >= 11 is 0. The normalized spacial score (nSPS) is 14.1. The van der Waals surface area contributed by atoms with Crippen molar-refractivity contribution in [2.75, 3.05) is 38.2 Å². The molecule has 2 amide bonds. The molecule has 0 spiro atoms. The Morgan fingerprint density at radius 2 is 1.76 bits per heavy atom. The van der Waals surface area contributed by atoms with Crippen LogP contribution in [0.15, 0.2) is 54.6 Å². The number of hydrogen-bond acceptors (Lipinski definition) is 5. The largest absolute Gasteiger partial charge is 0.497 e. The van der Waals surface area contributed by atoms with Gasteiger partial charge in [-0.3, -0.25) is 14.8 Å². The fourth-order valence-corrected chi connectivity index (χ4v) is 3.35. The second-order valence-electron chi connectivity index (χ2n) is 6.76. The predicted octanol–water partition coefficient (Wildman–Crippen LogP) is 2.11. The topological polar surface area (TPSA) is 82.1 Å². The molecule has 0 bridgehead atoms. The molecule has 1 fully saturated rings. The summed E-state index contributed by atoms with van der Waals surface area (Å²) in [6.07, 6.45) is 3.33. The summed E-state index contributed by atoms with van der Waals surface area (Å²) in [4.78, 5) is 28.0. The van der Waals surface area contributed by atoms with E-state index in [2.05, 4.69) is 4.90 Å². The van der Waals surface area contributed by atoms with Crippen LogP contribution in [0, 0.1) is 0 Å². The highest BCUT2D eigenvalue weighted by molar-refractivity contribution is 5.92. The number of hydrogen-bond donors (Lipinski definition) is 2. The molecule has 1 heterocycles. The molecule has 0 radical (unpaired) electrons. The van der Waals surface area contributed by atoms with Gasteiger partial charge < -0.3 is 14.5 Å². The molecular weight excluding hydrogens is 370 g/mol. The van der Waals surface area contributed by atoms with Gasteiger partial charge in [-0.1, -0.05) is 30.3 Å². The van der Waals surface area contributed by atoms with Gasteiger partial charge in [0.1, 0.15) is 5.75 Å². The molecule has 0 aromatic heterocycles. The van der Waals surface area contributed by atoms with Gasteiger partial charge in [0.15, 0.2) is 0 Å². The van der Waals surface area contributed by atoms with E-state index in [4.69, 9.17) is 9.94 Å². The zero-order valence-corrected chi connectivity index (χ0v) is 16.4. The maximum absolute atomic E-state index is 12.6. The van der Waals surface area contributed by atoms with Crippen LogP contribution in [-0.4, -0.2) is 55.2 Å². The monoisotopic (exact) mass is 395 g/mol. The van der Waals surface area contributed by atoms with E-state index in [9.17, 15) is 9.59 Å². The number of carbonyl (C=O) groups excluding carboxylic acids is 2. The summed E-state index contributed by atoms with van der Waals surface area (Å²) in [5.41, 5.74) is 4.44. The Morgan fingerprint density at radius 3 is 2.41 bits per heavy atom. The quantitative estimate of drug-likeness (QED) is 0.445. The Bertz CT molecular complexity index is 872. The lowest BCUT2D eigenvalue weighted by Crippen LogP contribution is -2.49. The molecule has 0 atom stereocenters. The van der Waals surface area contributed by atoms with Crippen LogP contribution >= 0.6 is 0 Å². The van der Waals surface area contributed by atoms with Gasteiger partial charge in [-0.25, -0.2) is 5.48 Å². The summed E-state index contributed by atoms with van der Waals surface area (Å²) in [7, 11) is 1.62. The number of nitrogens with one attached hydrogen (secondary N) is 1. The fraction of sp³-hybridized carbons (Fsp3) is 0.273. The molecule has 0 saturated carbocycles. The van der Waals surface area contributed by atoms with E-state index in [1.807, 2.05) is 53.4 Å². The van der Waals surface area contributed by atoms with Crippen molar-refractivity contribution in [3.8, 4) is 5.75 Å². The van der Waals surface area contributed by atoms with E-state index in [0.29, 0.717) is 32.6 Å². The van der Waals surface area contributed by atoms with Crippen LogP contribution in [0.1, 0.15) is 11.1 Å². The average Bonchev–Trinajstić information content (AvgIpc) is 2.78. The lowest BCUT2D eigenvalue weighted by molar-refractivity contribution is -0.130. The lowest BCUT2D eigenvalue weighted by atomic mass is 10.1. The van der Waals surface area contributed by atoms with Crippen molar-refractivity contribution in [2.24, 2.45) is 0 Å². The Kier molecular flexibility index (Phi) is 6.86. The number of nitrogens with zero attached hydrogens (tertiary/aromatic N) is 2. The second-order valence-corrected chi connectivity index (χ2v) is 6.76. The maximum atomic E-state index is 12.6. The zero-order chi connectivity index (χ0) is 20.6. The highest BCUT2D eigenvalue weighted by atomic mass is 16.5. The first-order valence-electron chi connectivity index (χ1n) is 9.47. The first-order valence-corrected chi connectivity index (χ1v) is 9.47. The smallest absolute Gasteiger partial charge is 0.267 e. The van der Waals surface area contributed by atoms with Crippen molar-refractivity contribution in [1.29, 1.82) is 0 Å². The highest BCUT2D eigenvalue weighted by Gasteiger charge is 2.22. The number of amides is 2. The minimum absolute atomic E-state index is 0.114. The predicted molar refractivity (Wildman–Crippen MR) is 111 cm³/mol. The van der Waals surface area contributed by atoms with E-state index in [-0.39, 0.29) is 5.91 Å². The van der Waals surface area contributed by atoms with Crippen molar-refractivity contribution in [3.05, 3.63) is 65.7 Å². The number of anilines is 1. The third kappa shape index (κ3) is 5.36. The minimum atomic E-state index is -0.575. The minimum Gasteiger partial charge on any atom is -0.497 e. The molecule has 152 valence electrons. The van der Waals surface area contributed by atoms with Gasteiger partial charge in [0.05, 0.1) is 13.5 Å². The lowest BCUT2D eigenvalue weighted by Gasteiger charge is -2.37. The van der Waals surface area contributed by atoms with Crippen molar-refractivity contribution < 1.29 is 19.5 Å². The molecule has 0 unspecified atom stereocenters. The van der Waals surface area contributed by atoms with Crippen LogP contribution in [0.2, 0.25) is 0 Å². The van der Waals surface area contributed by atoms with Crippen LogP contribution in [0.4, 0.5) is 5.69 Å². The van der Waals surface area contributed by atoms with E-state index in [1.54, 1.807) is 18.7 Å². The van der Waals surface area contributed by atoms with E-state index in [0.717, 1.165) is 22.6 Å². The van der Waals surface area contributed by atoms with Crippen molar-refractivity contribution in [2.45, 2.75) is 6.42 Å². The van der Waals surface area contributed by atoms with E-state index >= 15 is 0 Å². The summed E-state index contributed by atoms with van der Waals surface area (Å²) < 4.78 is 5.15. The van der Waals surface area contributed by atoms with Crippen molar-refractivity contribution in [1.82, 2.24) is 10.4 Å². The molecule has 2 N–H and O–H groups in total. The van der Waals surface area contributed by atoms with Gasteiger partial charge in [-0.05, 0) is 35.4 Å². The van der Waals surface area contributed by atoms with Crippen LogP contribution in [-0.2, 0) is 16.0 Å². The molecule has 7 heteroatoms. The maximum Gasteiger partial charge on any atom is 0.267 e. The molecular formula is C22H25N3O4. The third-order valence-corrected chi connectivity index (χ3v) is 4.95. The Morgan fingerprint density at radius 1 is 1.07 bits per heavy atom. The molecule has 3 rings (SSSR count). The second kappa shape index (κ2) is 9.75. The number of piperazine rings is 1. The van der Waals surface area contributed by atoms with Crippen LogP contribution in [0.25, 0.3) is 6.08 Å². The fourth-order valence-electron chi connectivity index (χ4n) is 3.35. The van der Waals surface area contributed by atoms with Crippen molar-refractivity contribution >= 4 is 23.6 Å². The first kappa shape index (κ1) is 20.4. The molecule has 1 saturated heterocycles. The van der Waals surface area contributed by atoms with Crippen LogP contribution in [0.3, 0.4) is 0 Å². The van der Waals surface area contributed by atoms with Gasteiger partial charge in [-0.2, -0.15) is 0 Å². The van der Waals surface area contributed by atoms with Crippen molar-refractivity contribution in [3.63, 3.8) is 0 Å². The number of para-hydroxylation sites is 1. The molecule has 1 aliphatic heterocycles. The van der Waals surface area contributed by atoms with Gasteiger partial charge in [0.25, 0.3) is 5.91 Å². The van der Waals surface area contributed by atoms with Gasteiger partial charge in [-0.15, -0.1) is 0 Å². The number of benzene rings is 2.